The molecule has 1 aliphatic rings. The molecule has 1 unspecified atom stereocenters. The van der Waals surface area contributed by atoms with Crippen LogP contribution >= 0.6 is 24.0 Å². The molecule has 7 heteroatoms. The zero-order chi connectivity index (χ0) is 18.7. The highest BCUT2D eigenvalue weighted by Gasteiger charge is 2.30. The Kier molecular flexibility index (Phi) is 7.25. The molecule has 1 fully saturated rings. The summed E-state index contributed by atoms with van der Waals surface area (Å²) in [5, 5.41) is 0.667. The number of nitrogens with two attached hydrogens (primary N) is 1. The number of aryl methyl sites for hydroxylation is 1. The summed E-state index contributed by atoms with van der Waals surface area (Å²) in [4.78, 5) is 28.4. The topological polar surface area (TPSA) is 66.6 Å². The Morgan fingerprint density at radius 1 is 1.11 bits per heavy atom. The van der Waals surface area contributed by atoms with Crippen LogP contribution in [0, 0.1) is 6.92 Å². The van der Waals surface area contributed by atoms with Crippen molar-refractivity contribution in [2.45, 2.75) is 19.5 Å². The normalized spacial score (nSPS) is 15.3. The lowest BCUT2D eigenvalue weighted by molar-refractivity contribution is -0.146. The number of halogens is 2. The molecule has 5 nitrogen and oxygen atoms in total. The van der Waals surface area contributed by atoms with Crippen molar-refractivity contribution in [2.75, 3.05) is 19.6 Å². The van der Waals surface area contributed by atoms with Crippen molar-refractivity contribution in [2.24, 2.45) is 5.73 Å². The molecule has 2 aromatic carbocycles. The van der Waals surface area contributed by atoms with Gasteiger partial charge in [0, 0.05) is 24.7 Å². The number of hydrogen-bond donors (Lipinski definition) is 1. The van der Waals surface area contributed by atoms with Gasteiger partial charge in [0.25, 0.3) is 0 Å². The molecule has 0 aromatic heterocycles. The fourth-order valence-corrected chi connectivity index (χ4v) is 3.11. The van der Waals surface area contributed by atoms with Crippen LogP contribution < -0.4 is 5.73 Å². The average Bonchev–Trinajstić information content (AvgIpc) is 2.64. The molecule has 0 saturated carbocycles. The summed E-state index contributed by atoms with van der Waals surface area (Å²) in [5.74, 6) is -0.288. The van der Waals surface area contributed by atoms with Crippen molar-refractivity contribution >= 4 is 35.8 Å². The van der Waals surface area contributed by atoms with E-state index in [0.717, 1.165) is 16.7 Å². The summed E-state index contributed by atoms with van der Waals surface area (Å²) in [6.45, 7) is 3.54. The maximum Gasteiger partial charge on any atom is 0.244 e. The van der Waals surface area contributed by atoms with Gasteiger partial charge in [0.2, 0.25) is 11.8 Å². The monoisotopic (exact) mass is 407 g/mol. The van der Waals surface area contributed by atoms with Crippen LogP contribution in [0.15, 0.2) is 48.5 Å². The number of hydrogen-bond acceptors (Lipinski definition) is 3. The summed E-state index contributed by atoms with van der Waals surface area (Å²) in [5.41, 5.74) is 8.99. The minimum atomic E-state index is -0.744. The van der Waals surface area contributed by atoms with Gasteiger partial charge in [-0.05, 0) is 30.2 Å². The zero-order valence-corrected chi connectivity index (χ0v) is 16.7. The van der Waals surface area contributed by atoms with E-state index in [2.05, 4.69) is 0 Å². The maximum atomic E-state index is 12.6. The van der Waals surface area contributed by atoms with Gasteiger partial charge in [-0.15, -0.1) is 12.4 Å². The van der Waals surface area contributed by atoms with E-state index in [1.165, 1.54) is 0 Å². The third-order valence-electron chi connectivity index (χ3n) is 4.62. The van der Waals surface area contributed by atoms with Crippen molar-refractivity contribution in [3.05, 3.63) is 70.2 Å². The number of carbonyl (C=O) groups is 2. The molecule has 2 aromatic rings. The van der Waals surface area contributed by atoms with E-state index in [4.69, 9.17) is 17.3 Å². The summed E-state index contributed by atoms with van der Waals surface area (Å²) in [6, 6.07) is 14.2. The molecule has 27 heavy (non-hydrogen) atoms. The molecule has 0 radical (unpaired) electrons. The van der Waals surface area contributed by atoms with Crippen molar-refractivity contribution in [3.8, 4) is 0 Å². The smallest absolute Gasteiger partial charge is 0.244 e. The average molecular weight is 408 g/mol. The fourth-order valence-electron chi connectivity index (χ4n) is 2.99. The van der Waals surface area contributed by atoms with Gasteiger partial charge < -0.3 is 15.5 Å². The third-order valence-corrected chi connectivity index (χ3v) is 4.87. The van der Waals surface area contributed by atoms with Gasteiger partial charge in [0.15, 0.2) is 0 Å². The predicted molar refractivity (Wildman–Crippen MR) is 109 cm³/mol. The highest BCUT2D eigenvalue weighted by molar-refractivity contribution is 6.30. The molecule has 0 bridgehead atoms. The molecule has 3 rings (SSSR count). The number of carbonyl (C=O) groups excluding carboxylic acids is 2. The first-order valence-corrected chi connectivity index (χ1v) is 8.95. The molecule has 0 aliphatic carbocycles. The molecule has 1 saturated heterocycles. The number of nitrogens with zero attached hydrogens (tertiary/aromatic N) is 2. The zero-order valence-electron chi connectivity index (χ0n) is 15.1. The van der Waals surface area contributed by atoms with Crippen LogP contribution in [0.1, 0.15) is 22.7 Å². The van der Waals surface area contributed by atoms with Crippen LogP contribution in [0.4, 0.5) is 0 Å². The molecule has 1 aliphatic heterocycles. The lowest BCUT2D eigenvalue weighted by atomic mass is 10.0. The van der Waals surface area contributed by atoms with Gasteiger partial charge in [-0.2, -0.15) is 0 Å². The van der Waals surface area contributed by atoms with E-state index in [-0.39, 0.29) is 30.8 Å². The summed E-state index contributed by atoms with van der Waals surface area (Å²) in [7, 11) is 0. The van der Waals surface area contributed by atoms with E-state index < -0.39 is 6.04 Å². The Balaban J connectivity index is 0.00000261. The van der Waals surface area contributed by atoms with Crippen molar-refractivity contribution < 1.29 is 9.59 Å². The molecule has 2 amide bonds. The van der Waals surface area contributed by atoms with E-state index in [0.29, 0.717) is 24.7 Å². The number of piperazine rings is 1. The molecule has 2 N–H and O–H groups in total. The first-order valence-electron chi connectivity index (χ1n) is 8.57. The second-order valence-corrected chi connectivity index (χ2v) is 7.03. The number of benzene rings is 2. The van der Waals surface area contributed by atoms with E-state index in [1.807, 2.05) is 55.5 Å². The molecule has 144 valence electrons. The molecule has 0 spiro atoms. The largest absolute Gasteiger partial charge is 0.335 e. The van der Waals surface area contributed by atoms with Crippen LogP contribution in [0.2, 0.25) is 5.02 Å². The van der Waals surface area contributed by atoms with Gasteiger partial charge >= 0.3 is 0 Å². The van der Waals surface area contributed by atoms with Gasteiger partial charge in [-0.25, -0.2) is 0 Å². The Bertz CT molecular complexity index is 794. The third kappa shape index (κ3) is 5.22. The molecule has 1 heterocycles. The fraction of sp³-hybridized carbons (Fsp3) is 0.300. The minimum absolute atomic E-state index is 0. The number of amides is 2. The summed E-state index contributed by atoms with van der Waals surface area (Å²) < 4.78 is 0. The first-order chi connectivity index (χ1) is 12.4. The molecular formula is C20H23Cl2N3O2. The minimum Gasteiger partial charge on any atom is -0.335 e. The maximum absolute atomic E-state index is 12.6. The van der Waals surface area contributed by atoms with Crippen LogP contribution in [0.5, 0.6) is 0 Å². The van der Waals surface area contributed by atoms with Crippen molar-refractivity contribution in [1.29, 1.82) is 0 Å². The van der Waals surface area contributed by atoms with Crippen LogP contribution in [0.25, 0.3) is 0 Å². The second-order valence-electron chi connectivity index (χ2n) is 6.59. The SMILES string of the molecule is Cc1ccc(C(N)C(=O)N2CCN(Cc3ccc(Cl)cc3)C(=O)C2)cc1.Cl. The van der Waals surface area contributed by atoms with Crippen LogP contribution in [-0.2, 0) is 16.1 Å². The van der Waals surface area contributed by atoms with Gasteiger partial charge in [0.1, 0.15) is 6.04 Å². The van der Waals surface area contributed by atoms with Gasteiger partial charge in [-0.3, -0.25) is 9.59 Å². The van der Waals surface area contributed by atoms with E-state index in [1.54, 1.807) is 9.80 Å². The summed E-state index contributed by atoms with van der Waals surface area (Å²) >= 11 is 5.89. The Hall–Kier alpha value is -2.08. The molecule has 1 atom stereocenters. The van der Waals surface area contributed by atoms with Crippen LogP contribution in [0.3, 0.4) is 0 Å². The second kappa shape index (κ2) is 9.22. The lowest BCUT2D eigenvalue weighted by Gasteiger charge is -2.35. The Morgan fingerprint density at radius 3 is 2.33 bits per heavy atom. The van der Waals surface area contributed by atoms with Gasteiger partial charge in [-0.1, -0.05) is 53.6 Å². The predicted octanol–water partition coefficient (Wildman–Crippen LogP) is 2.94. The van der Waals surface area contributed by atoms with Gasteiger partial charge in [0.05, 0.1) is 6.54 Å². The van der Waals surface area contributed by atoms with Crippen molar-refractivity contribution in [3.63, 3.8) is 0 Å². The molecular weight excluding hydrogens is 385 g/mol. The Labute approximate surface area is 170 Å². The summed E-state index contributed by atoms with van der Waals surface area (Å²) in [6.07, 6.45) is 0. The Morgan fingerprint density at radius 2 is 1.74 bits per heavy atom. The first kappa shape index (κ1) is 21.2. The van der Waals surface area contributed by atoms with E-state index in [9.17, 15) is 9.59 Å². The highest BCUT2D eigenvalue weighted by atomic mass is 35.5. The number of rotatable bonds is 4. The lowest BCUT2D eigenvalue weighted by Crippen LogP contribution is -2.53. The van der Waals surface area contributed by atoms with Crippen molar-refractivity contribution in [1.82, 2.24) is 9.80 Å². The van der Waals surface area contributed by atoms with Crippen LogP contribution in [-0.4, -0.2) is 41.2 Å². The quantitative estimate of drug-likeness (QED) is 0.846. The standard InChI is InChI=1S/C20H22ClN3O2.ClH/c1-14-2-6-16(7-3-14)19(22)20(26)24-11-10-23(18(25)13-24)12-15-4-8-17(21)9-5-15;/h2-9,19H,10-13,22H2,1H3;1H. The highest BCUT2D eigenvalue weighted by Crippen LogP contribution is 2.17. The van der Waals surface area contributed by atoms with E-state index >= 15 is 0 Å².